The molecule has 0 spiro atoms. The quantitative estimate of drug-likeness (QED) is 0.836. The first kappa shape index (κ1) is 14.5. The average molecular weight is 301 g/mol. The average Bonchev–Trinajstić information content (AvgIpc) is 2.78. The lowest BCUT2D eigenvalue weighted by molar-refractivity contribution is 0.0947. The smallest absolute Gasteiger partial charge is 0.251 e. The van der Waals surface area contributed by atoms with Crippen LogP contribution in [0.2, 0.25) is 10.0 Å². The van der Waals surface area contributed by atoms with E-state index >= 15 is 0 Å². The molecule has 1 amide bonds. The SMILES string of the molecule is CC1CCC(CNC(=O)c2cc(Cl)c(N)c(Cl)c2)C1. The van der Waals surface area contributed by atoms with Crippen LogP contribution in [0, 0.1) is 11.8 Å². The Morgan fingerprint density at radius 2 is 2.00 bits per heavy atom. The molecular weight excluding hydrogens is 283 g/mol. The molecule has 2 unspecified atom stereocenters. The van der Waals surface area contributed by atoms with Gasteiger partial charge < -0.3 is 11.1 Å². The molecule has 5 heteroatoms. The summed E-state index contributed by atoms with van der Waals surface area (Å²) in [4.78, 5) is 12.0. The molecule has 2 atom stereocenters. The summed E-state index contributed by atoms with van der Waals surface area (Å²) in [5, 5.41) is 3.56. The number of nitrogens with one attached hydrogen (secondary N) is 1. The monoisotopic (exact) mass is 300 g/mol. The minimum Gasteiger partial charge on any atom is -0.396 e. The van der Waals surface area contributed by atoms with Crippen molar-refractivity contribution < 1.29 is 4.79 Å². The van der Waals surface area contributed by atoms with E-state index < -0.39 is 0 Å². The normalized spacial score (nSPS) is 22.5. The zero-order valence-electron chi connectivity index (χ0n) is 10.9. The summed E-state index contributed by atoms with van der Waals surface area (Å²) >= 11 is 11.8. The number of hydrogen-bond acceptors (Lipinski definition) is 2. The zero-order chi connectivity index (χ0) is 14.0. The molecular formula is C14H18Cl2N2O. The van der Waals surface area contributed by atoms with E-state index in [9.17, 15) is 4.79 Å². The molecule has 19 heavy (non-hydrogen) atoms. The van der Waals surface area contributed by atoms with Crippen molar-refractivity contribution in [1.82, 2.24) is 5.32 Å². The first-order chi connectivity index (χ1) is 8.97. The summed E-state index contributed by atoms with van der Waals surface area (Å²) in [6.45, 7) is 2.96. The lowest BCUT2D eigenvalue weighted by Gasteiger charge is -2.12. The van der Waals surface area contributed by atoms with Gasteiger partial charge in [-0.15, -0.1) is 0 Å². The number of carbonyl (C=O) groups is 1. The number of carbonyl (C=O) groups excluding carboxylic acids is 1. The van der Waals surface area contributed by atoms with Crippen molar-refractivity contribution in [2.24, 2.45) is 11.8 Å². The van der Waals surface area contributed by atoms with Crippen LogP contribution in [0.4, 0.5) is 5.69 Å². The molecule has 1 fully saturated rings. The summed E-state index contributed by atoms with van der Waals surface area (Å²) < 4.78 is 0. The Morgan fingerprint density at radius 3 is 2.53 bits per heavy atom. The topological polar surface area (TPSA) is 55.1 Å². The molecule has 0 saturated heterocycles. The lowest BCUT2D eigenvalue weighted by atomic mass is 10.1. The van der Waals surface area contributed by atoms with E-state index in [0.717, 1.165) is 5.92 Å². The summed E-state index contributed by atoms with van der Waals surface area (Å²) in [6.07, 6.45) is 3.62. The molecule has 0 aliphatic heterocycles. The number of nitrogen functional groups attached to an aromatic ring is 1. The number of nitrogens with two attached hydrogens (primary N) is 1. The molecule has 1 aromatic carbocycles. The van der Waals surface area contributed by atoms with Crippen molar-refractivity contribution in [1.29, 1.82) is 0 Å². The summed E-state index contributed by atoms with van der Waals surface area (Å²) in [7, 11) is 0. The van der Waals surface area contributed by atoms with E-state index in [2.05, 4.69) is 12.2 Å². The zero-order valence-corrected chi connectivity index (χ0v) is 12.4. The molecule has 0 radical (unpaired) electrons. The maximum absolute atomic E-state index is 12.0. The van der Waals surface area contributed by atoms with Gasteiger partial charge in [0, 0.05) is 12.1 Å². The molecule has 0 bridgehead atoms. The van der Waals surface area contributed by atoms with Gasteiger partial charge in [-0.25, -0.2) is 0 Å². The Labute approximate surface area is 123 Å². The van der Waals surface area contributed by atoms with Gasteiger partial charge in [0.25, 0.3) is 5.91 Å². The molecule has 1 aromatic rings. The highest BCUT2D eigenvalue weighted by Crippen LogP contribution is 2.30. The van der Waals surface area contributed by atoms with Crippen LogP contribution < -0.4 is 11.1 Å². The molecule has 2 rings (SSSR count). The highest BCUT2D eigenvalue weighted by atomic mass is 35.5. The maximum atomic E-state index is 12.0. The van der Waals surface area contributed by atoms with Crippen LogP contribution in [0.15, 0.2) is 12.1 Å². The molecule has 1 aliphatic rings. The molecule has 3 N–H and O–H groups in total. The van der Waals surface area contributed by atoms with Crippen molar-refractivity contribution in [2.75, 3.05) is 12.3 Å². The van der Waals surface area contributed by atoms with Gasteiger partial charge in [0.15, 0.2) is 0 Å². The number of amides is 1. The van der Waals surface area contributed by atoms with Crippen molar-refractivity contribution in [2.45, 2.75) is 26.2 Å². The minimum atomic E-state index is -0.150. The van der Waals surface area contributed by atoms with Crippen LogP contribution in [-0.2, 0) is 0 Å². The van der Waals surface area contributed by atoms with Gasteiger partial charge in [-0.2, -0.15) is 0 Å². The van der Waals surface area contributed by atoms with Crippen LogP contribution in [0.5, 0.6) is 0 Å². The predicted molar refractivity (Wildman–Crippen MR) is 79.7 cm³/mol. The Bertz CT molecular complexity index is 467. The van der Waals surface area contributed by atoms with Gasteiger partial charge in [-0.05, 0) is 36.8 Å². The Balaban J connectivity index is 1.96. The third-order valence-corrected chi connectivity index (χ3v) is 4.32. The van der Waals surface area contributed by atoms with Crippen LogP contribution in [0.3, 0.4) is 0 Å². The predicted octanol–water partition coefficient (Wildman–Crippen LogP) is 3.74. The number of halogens is 2. The molecule has 1 aliphatic carbocycles. The summed E-state index contributed by atoms with van der Waals surface area (Å²) in [5.41, 5.74) is 6.41. The molecule has 3 nitrogen and oxygen atoms in total. The van der Waals surface area contributed by atoms with E-state index in [-0.39, 0.29) is 5.91 Å². The van der Waals surface area contributed by atoms with Gasteiger partial charge in [0.2, 0.25) is 0 Å². The molecule has 0 aromatic heterocycles. The van der Waals surface area contributed by atoms with Gasteiger partial charge in [0.05, 0.1) is 15.7 Å². The van der Waals surface area contributed by atoms with E-state index in [1.165, 1.54) is 19.3 Å². The fraction of sp³-hybridized carbons (Fsp3) is 0.500. The standard InChI is InChI=1S/C14H18Cl2N2O/c1-8-2-3-9(4-8)7-18-14(19)10-5-11(15)13(17)12(16)6-10/h5-6,8-9H,2-4,7,17H2,1H3,(H,18,19). The van der Waals surface area contributed by atoms with E-state index in [4.69, 9.17) is 28.9 Å². The van der Waals surface area contributed by atoms with E-state index in [0.29, 0.717) is 33.8 Å². The first-order valence-electron chi connectivity index (χ1n) is 6.50. The number of benzene rings is 1. The lowest BCUT2D eigenvalue weighted by Crippen LogP contribution is -2.28. The van der Waals surface area contributed by atoms with Crippen LogP contribution in [0.1, 0.15) is 36.5 Å². The van der Waals surface area contributed by atoms with E-state index in [1.807, 2.05) is 0 Å². The summed E-state index contributed by atoms with van der Waals surface area (Å²) in [5.74, 6) is 1.20. The van der Waals surface area contributed by atoms with E-state index in [1.54, 1.807) is 12.1 Å². The summed E-state index contributed by atoms with van der Waals surface area (Å²) in [6, 6.07) is 3.10. The van der Waals surface area contributed by atoms with Gasteiger partial charge in [0.1, 0.15) is 0 Å². The second kappa shape index (κ2) is 6.02. The number of hydrogen-bond donors (Lipinski definition) is 2. The highest BCUT2D eigenvalue weighted by molar-refractivity contribution is 6.39. The third kappa shape index (κ3) is 3.54. The van der Waals surface area contributed by atoms with Gasteiger partial charge in [-0.3, -0.25) is 4.79 Å². The van der Waals surface area contributed by atoms with Gasteiger partial charge in [-0.1, -0.05) is 36.5 Å². The Morgan fingerprint density at radius 1 is 1.37 bits per heavy atom. The molecule has 1 saturated carbocycles. The number of anilines is 1. The van der Waals surface area contributed by atoms with Crippen LogP contribution >= 0.6 is 23.2 Å². The third-order valence-electron chi connectivity index (χ3n) is 3.70. The first-order valence-corrected chi connectivity index (χ1v) is 7.25. The molecule has 0 heterocycles. The highest BCUT2D eigenvalue weighted by Gasteiger charge is 2.22. The minimum absolute atomic E-state index is 0.150. The number of rotatable bonds is 3. The van der Waals surface area contributed by atoms with Crippen LogP contribution in [0.25, 0.3) is 0 Å². The fourth-order valence-corrected chi connectivity index (χ4v) is 3.05. The van der Waals surface area contributed by atoms with Crippen molar-refractivity contribution in [3.63, 3.8) is 0 Å². The molecule has 104 valence electrons. The second-order valence-electron chi connectivity index (χ2n) is 5.35. The second-order valence-corrected chi connectivity index (χ2v) is 6.16. The Kier molecular flexibility index (Phi) is 4.58. The van der Waals surface area contributed by atoms with Crippen LogP contribution in [-0.4, -0.2) is 12.5 Å². The largest absolute Gasteiger partial charge is 0.396 e. The van der Waals surface area contributed by atoms with Crippen molar-refractivity contribution in [3.8, 4) is 0 Å². The van der Waals surface area contributed by atoms with Crippen molar-refractivity contribution in [3.05, 3.63) is 27.7 Å². The maximum Gasteiger partial charge on any atom is 0.251 e. The fourth-order valence-electron chi connectivity index (χ4n) is 2.56. The van der Waals surface area contributed by atoms with Crippen molar-refractivity contribution >= 4 is 34.8 Å². The van der Waals surface area contributed by atoms with Gasteiger partial charge >= 0.3 is 0 Å². The Hall–Kier alpha value is -0.930.